The minimum Gasteiger partial charge on any atom is -0.481 e. The average Bonchev–Trinajstić information content (AvgIpc) is 2.93. The highest BCUT2D eigenvalue weighted by atomic mass is 16.4. The molecule has 0 atom stereocenters. The van der Waals surface area contributed by atoms with Crippen LogP contribution in [0.15, 0.2) is 12.2 Å². The van der Waals surface area contributed by atoms with Gasteiger partial charge >= 0.3 is 17.9 Å². The highest BCUT2D eigenvalue weighted by molar-refractivity contribution is 5.67. The number of carbonyl (C=O) groups is 3. The molecule has 0 aliphatic carbocycles. The van der Waals surface area contributed by atoms with Crippen molar-refractivity contribution >= 4 is 17.9 Å². The molecule has 0 heterocycles. The second-order valence-electron chi connectivity index (χ2n) is 12.1. The van der Waals surface area contributed by atoms with Gasteiger partial charge in [0.25, 0.3) is 0 Å². The molecule has 0 spiro atoms. The van der Waals surface area contributed by atoms with E-state index in [1.165, 1.54) is 89.9 Å². The maximum Gasteiger partial charge on any atom is 0.303 e. The van der Waals surface area contributed by atoms with Crippen LogP contribution < -0.4 is 0 Å². The normalized spacial score (nSPS) is 11.8. The Morgan fingerprint density at radius 2 is 0.732 bits per heavy atom. The lowest BCUT2D eigenvalue weighted by Gasteiger charge is -2.39. The first-order valence-corrected chi connectivity index (χ1v) is 17.0. The summed E-state index contributed by atoms with van der Waals surface area (Å²) in [6, 6.07) is 0. The van der Waals surface area contributed by atoms with E-state index in [4.69, 9.17) is 15.3 Å². The van der Waals surface area contributed by atoms with Crippen LogP contribution in [-0.2, 0) is 14.4 Å². The van der Waals surface area contributed by atoms with Crippen LogP contribution in [0.1, 0.15) is 161 Å². The van der Waals surface area contributed by atoms with Crippen molar-refractivity contribution in [2.24, 2.45) is 0 Å². The molecule has 0 fully saturated rings. The Kier molecular flexibility index (Phi) is 26.9. The monoisotopic (exact) mass is 582 g/mol. The molecule has 0 aliphatic heterocycles. The number of hydrogen-bond acceptors (Lipinski definition) is 3. The Labute approximate surface area is 251 Å². The van der Waals surface area contributed by atoms with Gasteiger partial charge in [0.1, 0.15) is 0 Å². The van der Waals surface area contributed by atoms with Crippen molar-refractivity contribution in [3.8, 4) is 0 Å². The number of carboxylic acids is 3. The van der Waals surface area contributed by atoms with Gasteiger partial charge in [-0.2, -0.15) is 0 Å². The van der Waals surface area contributed by atoms with E-state index in [9.17, 15) is 14.4 Å². The SMILES string of the molecule is CCC/C=C/CCCCCCCCCCCCCC[N+](CCCCC(=O)O)(CCCCC(=O)O)CCCCC(=O)O. The maximum atomic E-state index is 11.0. The molecule has 41 heavy (non-hydrogen) atoms. The number of aliphatic carboxylic acids is 3. The molecule has 0 aromatic heterocycles. The molecule has 0 bridgehead atoms. The van der Waals surface area contributed by atoms with E-state index in [1.54, 1.807) is 0 Å². The number of allylic oxidation sites excluding steroid dienone is 2. The quantitative estimate of drug-likeness (QED) is 0.0414. The third kappa shape index (κ3) is 28.0. The zero-order chi connectivity index (χ0) is 30.4. The van der Waals surface area contributed by atoms with E-state index in [0.717, 1.165) is 56.3 Å². The molecular formula is C34H64NO6+. The Hall–Kier alpha value is -1.89. The lowest BCUT2D eigenvalue weighted by molar-refractivity contribution is -0.929. The molecule has 7 nitrogen and oxygen atoms in total. The highest BCUT2D eigenvalue weighted by Crippen LogP contribution is 2.20. The van der Waals surface area contributed by atoms with Crippen molar-refractivity contribution in [2.75, 3.05) is 26.2 Å². The van der Waals surface area contributed by atoms with E-state index in [-0.39, 0.29) is 19.3 Å². The second kappa shape index (κ2) is 28.2. The molecular weight excluding hydrogens is 518 g/mol. The Morgan fingerprint density at radius 1 is 0.439 bits per heavy atom. The molecule has 240 valence electrons. The first-order valence-electron chi connectivity index (χ1n) is 17.0. The molecule has 0 aromatic carbocycles. The lowest BCUT2D eigenvalue weighted by atomic mass is 10.0. The second-order valence-corrected chi connectivity index (χ2v) is 12.1. The van der Waals surface area contributed by atoms with Crippen LogP contribution >= 0.6 is 0 Å². The fourth-order valence-corrected chi connectivity index (χ4v) is 5.72. The predicted octanol–water partition coefficient (Wildman–Crippen LogP) is 9.00. The van der Waals surface area contributed by atoms with Gasteiger partial charge in [-0.1, -0.05) is 83.3 Å². The molecule has 3 N–H and O–H groups in total. The van der Waals surface area contributed by atoms with Crippen LogP contribution in [0.25, 0.3) is 0 Å². The summed E-state index contributed by atoms with van der Waals surface area (Å²) in [5, 5.41) is 27.1. The van der Waals surface area contributed by atoms with Crippen molar-refractivity contribution in [1.29, 1.82) is 0 Å². The zero-order valence-corrected chi connectivity index (χ0v) is 26.5. The smallest absolute Gasteiger partial charge is 0.303 e. The molecule has 0 saturated heterocycles. The van der Waals surface area contributed by atoms with Gasteiger partial charge in [-0.15, -0.1) is 0 Å². The third-order valence-electron chi connectivity index (χ3n) is 8.19. The number of unbranched alkanes of at least 4 members (excludes halogenated alkanes) is 16. The van der Waals surface area contributed by atoms with Gasteiger partial charge in [-0.3, -0.25) is 14.4 Å². The Morgan fingerprint density at radius 3 is 1.07 bits per heavy atom. The maximum absolute atomic E-state index is 11.0. The molecule has 0 saturated carbocycles. The van der Waals surface area contributed by atoms with Crippen LogP contribution in [0.4, 0.5) is 0 Å². The van der Waals surface area contributed by atoms with Crippen LogP contribution in [0.2, 0.25) is 0 Å². The van der Waals surface area contributed by atoms with Gasteiger partial charge in [0.15, 0.2) is 0 Å². The number of nitrogens with zero attached hydrogens (tertiary/aromatic N) is 1. The zero-order valence-electron chi connectivity index (χ0n) is 26.5. The molecule has 7 heteroatoms. The summed E-state index contributed by atoms with van der Waals surface area (Å²) < 4.78 is 0.869. The van der Waals surface area contributed by atoms with Gasteiger partial charge in [0, 0.05) is 19.3 Å². The number of carboxylic acid groups (broad SMARTS) is 3. The summed E-state index contributed by atoms with van der Waals surface area (Å²) in [5.74, 6) is -2.30. The van der Waals surface area contributed by atoms with Gasteiger partial charge in [0.05, 0.1) is 26.2 Å². The van der Waals surface area contributed by atoms with Crippen molar-refractivity contribution in [3.63, 3.8) is 0 Å². The lowest BCUT2D eigenvalue weighted by Crippen LogP contribution is -2.51. The summed E-state index contributed by atoms with van der Waals surface area (Å²) >= 11 is 0. The number of rotatable bonds is 32. The van der Waals surface area contributed by atoms with Crippen LogP contribution in [0.3, 0.4) is 0 Å². The fourth-order valence-electron chi connectivity index (χ4n) is 5.72. The number of hydrogen-bond donors (Lipinski definition) is 3. The summed E-state index contributed by atoms with van der Waals surface area (Å²) in [7, 11) is 0. The molecule has 0 unspecified atom stereocenters. The van der Waals surface area contributed by atoms with Gasteiger partial charge in [0.2, 0.25) is 0 Å². The van der Waals surface area contributed by atoms with Crippen molar-refractivity contribution in [1.82, 2.24) is 0 Å². The third-order valence-corrected chi connectivity index (χ3v) is 8.19. The van der Waals surface area contributed by atoms with E-state index < -0.39 is 17.9 Å². The topological polar surface area (TPSA) is 112 Å². The molecule has 0 aliphatic rings. The summed E-state index contributed by atoms with van der Waals surface area (Å²) in [5.41, 5.74) is 0. The molecule has 0 rings (SSSR count). The van der Waals surface area contributed by atoms with E-state index in [2.05, 4.69) is 19.1 Å². The van der Waals surface area contributed by atoms with Crippen molar-refractivity contribution < 1.29 is 34.2 Å². The van der Waals surface area contributed by atoms with Crippen LogP contribution in [0.5, 0.6) is 0 Å². The van der Waals surface area contributed by atoms with Gasteiger partial charge in [-0.25, -0.2) is 0 Å². The summed E-state index contributed by atoms with van der Waals surface area (Å²) in [6.45, 7) is 5.91. The molecule has 0 amide bonds. The summed E-state index contributed by atoms with van der Waals surface area (Å²) in [4.78, 5) is 33.0. The van der Waals surface area contributed by atoms with E-state index in [1.807, 2.05) is 0 Å². The van der Waals surface area contributed by atoms with Crippen LogP contribution in [-0.4, -0.2) is 63.9 Å². The Balaban J connectivity index is 4.37. The highest BCUT2D eigenvalue weighted by Gasteiger charge is 2.26. The fraction of sp³-hybridized carbons (Fsp3) is 0.853. The Bertz CT molecular complexity index is 623. The largest absolute Gasteiger partial charge is 0.481 e. The average molecular weight is 583 g/mol. The standard InChI is InChI=1S/C34H63NO6/c1-2-3-4-5-6-7-8-9-10-11-12-13-14-15-16-17-21-28-35(29-22-18-25-32(36)37,30-23-19-26-33(38)39)31-24-20-27-34(40)41/h4-5H,2-3,6-31H2,1H3,(H2-,36,37,38,39,40,41)/p+1/b5-4+. The van der Waals surface area contributed by atoms with Crippen LogP contribution in [0, 0.1) is 0 Å². The number of quaternary nitrogens is 1. The van der Waals surface area contributed by atoms with Crippen molar-refractivity contribution in [3.05, 3.63) is 12.2 Å². The molecule has 0 aromatic rings. The first kappa shape index (κ1) is 39.1. The minimum atomic E-state index is -0.767. The van der Waals surface area contributed by atoms with Gasteiger partial charge in [-0.05, 0) is 70.6 Å². The minimum absolute atomic E-state index is 0.175. The molecule has 0 radical (unpaired) electrons. The van der Waals surface area contributed by atoms with Gasteiger partial charge < -0.3 is 19.8 Å². The van der Waals surface area contributed by atoms with E-state index >= 15 is 0 Å². The summed E-state index contributed by atoms with van der Waals surface area (Å²) in [6.07, 6.45) is 28.9. The van der Waals surface area contributed by atoms with Crippen molar-refractivity contribution in [2.45, 2.75) is 161 Å². The van der Waals surface area contributed by atoms with E-state index in [0.29, 0.717) is 19.3 Å². The first-order chi connectivity index (χ1) is 19.8. The predicted molar refractivity (Wildman–Crippen MR) is 168 cm³/mol.